The van der Waals surface area contributed by atoms with Crippen LogP contribution in [-0.2, 0) is 6.42 Å². The first-order chi connectivity index (χ1) is 14.8. The van der Waals surface area contributed by atoms with Gasteiger partial charge in [0.15, 0.2) is 5.82 Å². The molecule has 0 aliphatic carbocycles. The van der Waals surface area contributed by atoms with Gasteiger partial charge in [-0.05, 0) is 35.7 Å². The van der Waals surface area contributed by atoms with E-state index in [-0.39, 0.29) is 0 Å². The van der Waals surface area contributed by atoms with Gasteiger partial charge in [0.25, 0.3) is 0 Å². The Balaban J connectivity index is 1.41. The molecule has 0 amide bonds. The van der Waals surface area contributed by atoms with Crippen LogP contribution in [0, 0.1) is 11.3 Å². The summed E-state index contributed by atoms with van der Waals surface area (Å²) in [6, 6.07) is 19.9. The van der Waals surface area contributed by atoms with Gasteiger partial charge in [0.1, 0.15) is 6.61 Å². The number of aromatic nitrogens is 2. The van der Waals surface area contributed by atoms with E-state index < -0.39 is 0 Å². The second-order valence-corrected chi connectivity index (χ2v) is 7.35. The normalized spacial score (nSPS) is 14.2. The third-order valence-electron chi connectivity index (χ3n) is 5.15. The molecule has 0 bridgehead atoms. The van der Waals surface area contributed by atoms with Crippen LogP contribution in [0.2, 0.25) is 0 Å². The van der Waals surface area contributed by atoms with E-state index in [0.29, 0.717) is 23.9 Å². The van der Waals surface area contributed by atoms with Crippen molar-refractivity contribution in [2.24, 2.45) is 0 Å². The van der Waals surface area contributed by atoms with Crippen LogP contribution in [0.1, 0.15) is 16.7 Å². The molecular formula is C24H25N5O. The van der Waals surface area contributed by atoms with Crippen LogP contribution in [0.3, 0.4) is 0 Å². The maximum atomic E-state index is 9.10. The molecule has 1 aliphatic rings. The average molecular weight is 399 g/mol. The van der Waals surface area contributed by atoms with Crippen LogP contribution in [0.5, 0.6) is 5.88 Å². The Bertz CT molecular complexity index is 1020. The number of nitrogens with one attached hydrogen (secondary N) is 1. The molecule has 0 saturated carbocycles. The Morgan fingerprint density at radius 3 is 2.67 bits per heavy atom. The summed E-state index contributed by atoms with van der Waals surface area (Å²) in [7, 11) is 0. The first-order valence-corrected chi connectivity index (χ1v) is 10.3. The molecular weight excluding hydrogens is 374 g/mol. The first kappa shape index (κ1) is 20.0. The number of benzene rings is 2. The summed E-state index contributed by atoms with van der Waals surface area (Å²) in [5.41, 5.74) is 3.89. The van der Waals surface area contributed by atoms with E-state index in [1.807, 2.05) is 36.4 Å². The molecule has 1 saturated heterocycles. The fourth-order valence-electron chi connectivity index (χ4n) is 3.58. The predicted molar refractivity (Wildman–Crippen MR) is 116 cm³/mol. The lowest BCUT2D eigenvalue weighted by Gasteiger charge is -2.26. The quantitative estimate of drug-likeness (QED) is 0.659. The van der Waals surface area contributed by atoms with Gasteiger partial charge in [-0.3, -0.25) is 4.90 Å². The first-order valence-electron chi connectivity index (χ1n) is 10.3. The van der Waals surface area contributed by atoms with Crippen LogP contribution < -0.4 is 10.1 Å². The summed E-state index contributed by atoms with van der Waals surface area (Å²) < 4.78 is 5.88. The lowest BCUT2D eigenvalue weighted by atomic mass is 10.0. The molecule has 152 valence electrons. The number of hydrogen-bond donors (Lipinski definition) is 1. The third kappa shape index (κ3) is 5.41. The Labute approximate surface area is 177 Å². The molecule has 1 fully saturated rings. The zero-order chi connectivity index (χ0) is 20.6. The van der Waals surface area contributed by atoms with Crippen molar-refractivity contribution in [2.45, 2.75) is 6.42 Å². The van der Waals surface area contributed by atoms with Crippen molar-refractivity contribution in [3.05, 3.63) is 77.5 Å². The fraction of sp³-hybridized carbons (Fsp3) is 0.292. The summed E-state index contributed by atoms with van der Waals surface area (Å²) in [6.45, 7) is 5.71. The van der Waals surface area contributed by atoms with Crippen molar-refractivity contribution in [3.63, 3.8) is 0 Å². The molecule has 1 N–H and O–H groups in total. The number of nitriles is 1. The molecule has 2 heterocycles. The highest BCUT2D eigenvalue weighted by Crippen LogP contribution is 2.20. The minimum atomic E-state index is 0.599. The Morgan fingerprint density at radius 2 is 1.83 bits per heavy atom. The number of nitrogens with zero attached hydrogens (tertiary/aromatic N) is 4. The molecule has 6 heteroatoms. The average Bonchev–Trinajstić information content (AvgIpc) is 2.80. The second kappa shape index (κ2) is 9.97. The lowest BCUT2D eigenvalue weighted by molar-refractivity contribution is 0.188. The van der Waals surface area contributed by atoms with E-state index in [4.69, 9.17) is 10.00 Å². The number of rotatable bonds is 7. The van der Waals surface area contributed by atoms with Gasteiger partial charge in [0, 0.05) is 50.6 Å². The summed E-state index contributed by atoms with van der Waals surface area (Å²) >= 11 is 0. The van der Waals surface area contributed by atoms with Crippen molar-refractivity contribution in [1.29, 1.82) is 5.26 Å². The van der Waals surface area contributed by atoms with Crippen LogP contribution in [0.4, 0.5) is 0 Å². The van der Waals surface area contributed by atoms with Crippen molar-refractivity contribution < 1.29 is 4.74 Å². The highest BCUT2D eigenvalue weighted by atomic mass is 16.5. The van der Waals surface area contributed by atoms with Gasteiger partial charge < -0.3 is 10.1 Å². The lowest BCUT2D eigenvalue weighted by Crippen LogP contribution is -2.44. The molecule has 0 radical (unpaired) electrons. The fourth-order valence-corrected chi connectivity index (χ4v) is 3.58. The van der Waals surface area contributed by atoms with E-state index in [1.54, 1.807) is 12.3 Å². The predicted octanol–water partition coefficient (Wildman–Crippen LogP) is 2.89. The molecule has 0 unspecified atom stereocenters. The Hall–Kier alpha value is -3.27. The van der Waals surface area contributed by atoms with Crippen LogP contribution in [0.25, 0.3) is 11.4 Å². The molecule has 1 aromatic heterocycles. The summed E-state index contributed by atoms with van der Waals surface area (Å²) in [5, 5.41) is 12.5. The summed E-state index contributed by atoms with van der Waals surface area (Å²) in [4.78, 5) is 11.4. The smallest absolute Gasteiger partial charge is 0.216 e. The van der Waals surface area contributed by atoms with Crippen molar-refractivity contribution in [1.82, 2.24) is 20.2 Å². The number of piperazine rings is 1. The maximum absolute atomic E-state index is 9.10. The van der Waals surface area contributed by atoms with Gasteiger partial charge in [-0.15, -0.1) is 0 Å². The van der Waals surface area contributed by atoms with Crippen molar-refractivity contribution in [3.8, 4) is 23.3 Å². The zero-order valence-electron chi connectivity index (χ0n) is 16.9. The van der Waals surface area contributed by atoms with Gasteiger partial charge in [-0.2, -0.15) is 10.2 Å². The van der Waals surface area contributed by atoms with E-state index in [9.17, 15) is 0 Å². The molecule has 0 atom stereocenters. The molecule has 30 heavy (non-hydrogen) atoms. The molecule has 4 rings (SSSR count). The monoisotopic (exact) mass is 399 g/mol. The minimum absolute atomic E-state index is 0.599. The zero-order valence-corrected chi connectivity index (χ0v) is 16.9. The van der Waals surface area contributed by atoms with Crippen LogP contribution in [0.15, 0.2) is 60.8 Å². The van der Waals surface area contributed by atoms with Gasteiger partial charge in [0.2, 0.25) is 5.88 Å². The van der Waals surface area contributed by atoms with Gasteiger partial charge in [-0.1, -0.05) is 30.3 Å². The molecule has 1 aliphatic heterocycles. The third-order valence-corrected chi connectivity index (χ3v) is 5.15. The highest BCUT2D eigenvalue weighted by molar-refractivity contribution is 5.56. The summed E-state index contributed by atoms with van der Waals surface area (Å²) in [5.74, 6) is 1.25. The molecule has 0 spiro atoms. The Morgan fingerprint density at radius 1 is 1.03 bits per heavy atom. The van der Waals surface area contributed by atoms with Crippen LogP contribution >= 0.6 is 0 Å². The van der Waals surface area contributed by atoms with E-state index in [1.165, 1.54) is 0 Å². The number of ether oxygens (including phenoxy) is 1. The van der Waals surface area contributed by atoms with Gasteiger partial charge in [-0.25, -0.2) is 4.98 Å². The SMILES string of the molecule is N#Cc1cccc(Cc2cccc(-c3nccc(OCCN4CCNCC4)n3)c2)c1. The maximum Gasteiger partial charge on any atom is 0.216 e. The minimum Gasteiger partial charge on any atom is -0.476 e. The van der Waals surface area contributed by atoms with Crippen molar-refractivity contribution >= 4 is 0 Å². The number of hydrogen-bond acceptors (Lipinski definition) is 6. The molecule has 6 nitrogen and oxygen atoms in total. The second-order valence-electron chi connectivity index (χ2n) is 7.35. The van der Waals surface area contributed by atoms with E-state index >= 15 is 0 Å². The standard InChI is InChI=1S/C24H25N5O/c25-18-21-5-1-3-19(16-21)15-20-4-2-6-22(17-20)24-27-8-7-23(28-24)30-14-13-29-11-9-26-10-12-29/h1-8,16-17,26H,9-15H2. The topological polar surface area (TPSA) is 74.1 Å². The van der Waals surface area contributed by atoms with E-state index in [2.05, 4.69) is 38.4 Å². The Kier molecular flexibility index (Phi) is 6.65. The van der Waals surface area contributed by atoms with Gasteiger partial charge in [0.05, 0.1) is 11.6 Å². The largest absolute Gasteiger partial charge is 0.476 e. The highest BCUT2D eigenvalue weighted by Gasteiger charge is 2.10. The molecule has 2 aromatic carbocycles. The molecule has 3 aromatic rings. The van der Waals surface area contributed by atoms with E-state index in [0.717, 1.165) is 55.8 Å². The van der Waals surface area contributed by atoms with Gasteiger partial charge >= 0.3 is 0 Å². The van der Waals surface area contributed by atoms with Crippen LogP contribution in [-0.4, -0.2) is 54.2 Å². The summed E-state index contributed by atoms with van der Waals surface area (Å²) in [6.07, 6.45) is 2.50. The van der Waals surface area contributed by atoms with Crippen molar-refractivity contribution in [2.75, 3.05) is 39.3 Å².